The lowest BCUT2D eigenvalue weighted by Crippen LogP contribution is -2.34. The fraction of sp³-hybridized carbons (Fsp3) is 0.115. The number of fused-ring (bicyclic) bond motifs is 3. The molecule has 5 rings (SSSR count). The van der Waals surface area contributed by atoms with Crippen LogP contribution in [0, 0.1) is 6.92 Å². The van der Waals surface area contributed by atoms with Crippen LogP contribution >= 0.6 is 23.4 Å². The third-order valence-corrected chi connectivity index (χ3v) is 8.44. The minimum absolute atomic E-state index is 0.0431. The van der Waals surface area contributed by atoms with Crippen LogP contribution in [0.1, 0.15) is 11.1 Å². The highest BCUT2D eigenvalue weighted by atomic mass is 35.5. The van der Waals surface area contributed by atoms with Gasteiger partial charge in [0, 0.05) is 16.3 Å². The summed E-state index contributed by atoms with van der Waals surface area (Å²) in [5.41, 5.74) is 4.12. The molecule has 1 aliphatic heterocycles. The molecular weight excluding hydrogens is 516 g/mol. The molecule has 1 N–H and O–H groups in total. The normalized spacial score (nSPS) is 13.6. The maximum atomic E-state index is 13.6. The van der Waals surface area contributed by atoms with Gasteiger partial charge in [0.05, 0.1) is 29.9 Å². The Morgan fingerprint density at radius 2 is 1.86 bits per heavy atom. The van der Waals surface area contributed by atoms with Crippen LogP contribution < -0.4 is 9.62 Å². The molecule has 1 aliphatic rings. The zero-order chi connectivity index (χ0) is 25.3. The molecule has 3 aromatic carbocycles. The van der Waals surface area contributed by atoms with Gasteiger partial charge in [-0.25, -0.2) is 18.4 Å². The van der Waals surface area contributed by atoms with Crippen molar-refractivity contribution in [1.29, 1.82) is 0 Å². The molecule has 0 spiro atoms. The molecule has 0 aliphatic carbocycles. The van der Waals surface area contributed by atoms with Gasteiger partial charge in [-0.05, 0) is 36.8 Å². The van der Waals surface area contributed by atoms with Crippen LogP contribution in [0.5, 0.6) is 0 Å². The number of rotatable bonds is 6. The number of amides is 1. The Balaban J connectivity index is 1.41. The Bertz CT molecular complexity index is 1580. The van der Waals surface area contributed by atoms with Gasteiger partial charge in [-0.1, -0.05) is 77.5 Å². The Kier molecular flexibility index (Phi) is 6.70. The second kappa shape index (κ2) is 9.93. The van der Waals surface area contributed by atoms with Crippen molar-refractivity contribution < 1.29 is 13.2 Å². The molecular formula is C26H21ClN4O3S2. The summed E-state index contributed by atoms with van der Waals surface area (Å²) in [7, 11) is -3.89. The SMILES string of the molecule is Cc1cccc(CN2c3ccccc3-c3nc(SCC(=O)Nc4cccc(Cl)c4)ncc3S2(=O)=O)c1. The second-order valence-electron chi connectivity index (χ2n) is 8.23. The molecule has 10 heteroatoms. The summed E-state index contributed by atoms with van der Waals surface area (Å²) < 4.78 is 28.7. The minimum Gasteiger partial charge on any atom is -0.325 e. The van der Waals surface area contributed by atoms with Gasteiger partial charge in [0.2, 0.25) is 5.91 Å². The van der Waals surface area contributed by atoms with E-state index in [1.54, 1.807) is 36.4 Å². The van der Waals surface area contributed by atoms with Crippen molar-refractivity contribution in [3.63, 3.8) is 0 Å². The van der Waals surface area contributed by atoms with Crippen LogP contribution in [0.2, 0.25) is 5.02 Å². The van der Waals surface area contributed by atoms with Gasteiger partial charge < -0.3 is 5.32 Å². The zero-order valence-electron chi connectivity index (χ0n) is 19.2. The number of benzene rings is 3. The van der Waals surface area contributed by atoms with Gasteiger partial charge in [-0.3, -0.25) is 9.10 Å². The van der Waals surface area contributed by atoms with E-state index in [1.807, 2.05) is 43.3 Å². The highest BCUT2D eigenvalue weighted by Gasteiger charge is 2.36. The molecule has 7 nitrogen and oxygen atoms in total. The standard InChI is InChI=1S/C26H21ClN4O3S2/c1-17-6-4-7-18(12-17)15-31-22-11-3-2-10-21(22)25-23(36(31,33)34)14-28-26(30-25)35-16-24(32)29-20-9-5-8-19(27)13-20/h2-14H,15-16H2,1H3,(H,29,32). The molecule has 0 saturated heterocycles. The summed E-state index contributed by atoms with van der Waals surface area (Å²) in [6, 6.07) is 21.9. The van der Waals surface area contributed by atoms with Gasteiger partial charge in [0.1, 0.15) is 4.90 Å². The van der Waals surface area contributed by atoms with Crippen LogP contribution in [-0.2, 0) is 21.4 Å². The van der Waals surface area contributed by atoms with E-state index >= 15 is 0 Å². The Labute approximate surface area is 218 Å². The summed E-state index contributed by atoms with van der Waals surface area (Å²) in [6.45, 7) is 2.17. The van der Waals surface area contributed by atoms with E-state index in [2.05, 4.69) is 15.3 Å². The van der Waals surface area contributed by atoms with E-state index in [9.17, 15) is 13.2 Å². The maximum Gasteiger partial charge on any atom is 0.268 e. The molecule has 4 aromatic rings. The van der Waals surface area contributed by atoms with Crippen molar-refractivity contribution in [3.05, 3.63) is 95.1 Å². The number of anilines is 2. The summed E-state index contributed by atoms with van der Waals surface area (Å²) in [5, 5.41) is 3.61. The Hall–Kier alpha value is -3.40. The van der Waals surface area contributed by atoms with E-state index in [4.69, 9.17) is 11.6 Å². The lowest BCUT2D eigenvalue weighted by atomic mass is 10.1. The molecule has 0 fully saturated rings. The molecule has 0 saturated carbocycles. The molecule has 0 bridgehead atoms. The van der Waals surface area contributed by atoms with Gasteiger partial charge in [-0.15, -0.1) is 0 Å². The number of nitrogens with one attached hydrogen (secondary N) is 1. The first-order valence-electron chi connectivity index (χ1n) is 11.0. The molecule has 36 heavy (non-hydrogen) atoms. The van der Waals surface area contributed by atoms with Crippen LogP contribution in [-0.4, -0.2) is 30.0 Å². The Morgan fingerprint density at radius 1 is 1.06 bits per heavy atom. The number of carbonyl (C=O) groups is 1. The van der Waals surface area contributed by atoms with E-state index in [0.29, 0.717) is 32.8 Å². The molecule has 0 atom stereocenters. The second-order valence-corrected chi connectivity index (χ2v) is 11.4. The number of carbonyl (C=O) groups excluding carboxylic acids is 1. The van der Waals surface area contributed by atoms with Crippen molar-refractivity contribution in [2.45, 2.75) is 23.5 Å². The van der Waals surface area contributed by atoms with Crippen molar-refractivity contribution in [2.75, 3.05) is 15.4 Å². The molecule has 0 radical (unpaired) electrons. The topological polar surface area (TPSA) is 92.3 Å². The molecule has 0 unspecified atom stereocenters. The predicted octanol–water partition coefficient (Wildman–Crippen LogP) is 5.55. The van der Waals surface area contributed by atoms with Crippen LogP contribution in [0.3, 0.4) is 0 Å². The van der Waals surface area contributed by atoms with Crippen LogP contribution in [0.4, 0.5) is 11.4 Å². The van der Waals surface area contributed by atoms with E-state index in [0.717, 1.165) is 22.9 Å². The van der Waals surface area contributed by atoms with Crippen molar-refractivity contribution in [3.8, 4) is 11.3 Å². The lowest BCUT2D eigenvalue weighted by molar-refractivity contribution is -0.113. The summed E-state index contributed by atoms with van der Waals surface area (Å²) in [4.78, 5) is 21.2. The van der Waals surface area contributed by atoms with Gasteiger partial charge >= 0.3 is 0 Å². The summed E-state index contributed by atoms with van der Waals surface area (Å²) >= 11 is 7.10. The van der Waals surface area contributed by atoms with Crippen molar-refractivity contribution >= 4 is 50.7 Å². The number of aromatic nitrogens is 2. The first-order valence-corrected chi connectivity index (χ1v) is 13.8. The number of hydrogen-bond donors (Lipinski definition) is 1. The molecule has 182 valence electrons. The summed E-state index contributed by atoms with van der Waals surface area (Å²) in [5.74, 6) is -0.194. The number of thioether (sulfide) groups is 1. The largest absolute Gasteiger partial charge is 0.325 e. The zero-order valence-corrected chi connectivity index (χ0v) is 21.6. The van der Waals surface area contributed by atoms with Crippen molar-refractivity contribution in [1.82, 2.24) is 9.97 Å². The number of halogens is 1. The predicted molar refractivity (Wildman–Crippen MR) is 143 cm³/mol. The fourth-order valence-corrected chi connectivity index (χ4v) is 6.35. The lowest BCUT2D eigenvalue weighted by Gasteiger charge is -2.31. The quantitative estimate of drug-likeness (QED) is 0.257. The number of aryl methyl sites for hydroxylation is 1. The van der Waals surface area contributed by atoms with Gasteiger partial charge in [0.25, 0.3) is 10.0 Å². The minimum atomic E-state index is -3.89. The molecule has 1 aromatic heterocycles. The van der Waals surface area contributed by atoms with Crippen LogP contribution in [0.15, 0.2) is 89.0 Å². The summed E-state index contributed by atoms with van der Waals surface area (Å²) in [6.07, 6.45) is 1.33. The monoisotopic (exact) mass is 536 g/mol. The number of para-hydroxylation sites is 1. The number of nitrogens with zero attached hydrogens (tertiary/aromatic N) is 3. The third kappa shape index (κ3) is 4.95. The Morgan fingerprint density at radius 3 is 2.67 bits per heavy atom. The van der Waals surface area contributed by atoms with E-state index in [-0.39, 0.29) is 23.1 Å². The van der Waals surface area contributed by atoms with Crippen molar-refractivity contribution in [2.24, 2.45) is 0 Å². The molecule has 1 amide bonds. The smallest absolute Gasteiger partial charge is 0.268 e. The first-order chi connectivity index (χ1) is 17.3. The highest BCUT2D eigenvalue weighted by Crippen LogP contribution is 2.42. The highest BCUT2D eigenvalue weighted by molar-refractivity contribution is 7.99. The molecule has 2 heterocycles. The number of sulfonamides is 1. The van der Waals surface area contributed by atoms with Gasteiger partial charge in [0.15, 0.2) is 5.16 Å². The van der Waals surface area contributed by atoms with Crippen LogP contribution in [0.25, 0.3) is 11.3 Å². The fourth-order valence-electron chi connectivity index (χ4n) is 3.99. The number of hydrogen-bond acceptors (Lipinski definition) is 6. The average Bonchev–Trinajstić information content (AvgIpc) is 2.85. The van der Waals surface area contributed by atoms with Gasteiger partial charge in [-0.2, -0.15) is 0 Å². The third-order valence-electron chi connectivity index (χ3n) is 5.58. The van der Waals surface area contributed by atoms with E-state index in [1.165, 1.54) is 10.5 Å². The maximum absolute atomic E-state index is 13.6. The average molecular weight is 537 g/mol. The van der Waals surface area contributed by atoms with E-state index < -0.39 is 10.0 Å². The first kappa shape index (κ1) is 24.3.